The molecule has 0 spiro atoms. The van der Waals surface area contributed by atoms with E-state index < -0.39 is 0 Å². The van der Waals surface area contributed by atoms with Gasteiger partial charge in [-0.1, -0.05) is 24.3 Å². The third-order valence-corrected chi connectivity index (χ3v) is 5.44. The molecule has 0 N–H and O–H groups in total. The fourth-order valence-electron chi connectivity index (χ4n) is 4.01. The van der Waals surface area contributed by atoms with Crippen LogP contribution in [0.15, 0.2) is 59.5 Å². The average Bonchev–Trinajstić information content (AvgIpc) is 3.09. The minimum atomic E-state index is 0.327. The van der Waals surface area contributed by atoms with Crippen molar-refractivity contribution in [1.82, 2.24) is 14.5 Å². The molecule has 1 saturated carbocycles. The van der Waals surface area contributed by atoms with E-state index in [0.29, 0.717) is 5.92 Å². The highest BCUT2D eigenvalue weighted by molar-refractivity contribution is 5.37. The van der Waals surface area contributed by atoms with Crippen molar-refractivity contribution in [3.05, 3.63) is 77.8 Å². The van der Waals surface area contributed by atoms with Gasteiger partial charge in [0.05, 0.1) is 18.7 Å². The second kappa shape index (κ2) is 6.19. The number of imidazole rings is 1. The van der Waals surface area contributed by atoms with Crippen molar-refractivity contribution in [2.24, 2.45) is 5.92 Å². The first-order valence-electron chi connectivity index (χ1n) is 9.20. The predicted molar refractivity (Wildman–Crippen MR) is 96.1 cm³/mol. The molecule has 2 aromatic heterocycles. The molecule has 128 valence electrons. The van der Waals surface area contributed by atoms with Crippen molar-refractivity contribution in [1.29, 1.82) is 0 Å². The molecule has 1 fully saturated rings. The molecule has 1 aliphatic heterocycles. The monoisotopic (exact) mass is 333 g/mol. The van der Waals surface area contributed by atoms with Gasteiger partial charge in [-0.25, -0.2) is 4.98 Å². The quantitative estimate of drug-likeness (QED) is 0.707. The van der Waals surface area contributed by atoms with Crippen LogP contribution in [0.1, 0.15) is 41.5 Å². The number of rotatable bonds is 5. The lowest BCUT2D eigenvalue weighted by atomic mass is 9.89. The Morgan fingerprint density at radius 3 is 2.88 bits per heavy atom. The van der Waals surface area contributed by atoms with Gasteiger partial charge < -0.3 is 8.98 Å². The van der Waals surface area contributed by atoms with Crippen molar-refractivity contribution in [3.8, 4) is 0 Å². The van der Waals surface area contributed by atoms with Gasteiger partial charge in [0.1, 0.15) is 11.6 Å². The molecule has 1 atom stereocenters. The first kappa shape index (κ1) is 15.0. The Morgan fingerprint density at radius 1 is 1.12 bits per heavy atom. The van der Waals surface area contributed by atoms with Crippen LogP contribution in [0.5, 0.6) is 0 Å². The fourth-order valence-corrected chi connectivity index (χ4v) is 4.01. The molecule has 3 heterocycles. The van der Waals surface area contributed by atoms with Crippen molar-refractivity contribution in [3.63, 3.8) is 0 Å². The van der Waals surface area contributed by atoms with E-state index in [1.807, 2.05) is 12.3 Å². The largest absolute Gasteiger partial charge is 0.468 e. The standard InChI is InChI=1S/C21H23N3O/c1-2-6-19-17(4-1)13-23(14-18-5-3-11-25-18)15-20(19)21-22-9-10-24(21)12-16-7-8-16/h1-6,9-11,16,20H,7-8,12-15H2. The Morgan fingerprint density at radius 2 is 2.04 bits per heavy atom. The van der Waals surface area contributed by atoms with Crippen LogP contribution in [0, 0.1) is 5.92 Å². The van der Waals surface area contributed by atoms with Gasteiger partial charge in [-0.05, 0) is 42.0 Å². The third kappa shape index (κ3) is 3.02. The minimum absolute atomic E-state index is 0.327. The highest BCUT2D eigenvalue weighted by Gasteiger charge is 2.31. The molecule has 0 radical (unpaired) electrons. The number of furan rings is 1. The number of benzene rings is 1. The zero-order valence-corrected chi connectivity index (χ0v) is 14.3. The van der Waals surface area contributed by atoms with Gasteiger partial charge in [-0.2, -0.15) is 0 Å². The Hall–Kier alpha value is -2.33. The summed E-state index contributed by atoms with van der Waals surface area (Å²) < 4.78 is 7.96. The molecule has 0 bridgehead atoms. The summed E-state index contributed by atoms with van der Waals surface area (Å²) in [5, 5.41) is 0. The Kier molecular flexibility index (Phi) is 3.71. The molecule has 0 amide bonds. The average molecular weight is 333 g/mol. The van der Waals surface area contributed by atoms with Gasteiger partial charge in [0.2, 0.25) is 0 Å². The van der Waals surface area contributed by atoms with Crippen molar-refractivity contribution >= 4 is 0 Å². The molecule has 4 heteroatoms. The minimum Gasteiger partial charge on any atom is -0.468 e. The Balaban J connectivity index is 1.47. The van der Waals surface area contributed by atoms with E-state index in [2.05, 4.69) is 46.0 Å². The van der Waals surface area contributed by atoms with E-state index in [1.54, 1.807) is 6.26 Å². The molecular formula is C21H23N3O. The molecule has 1 aliphatic carbocycles. The summed E-state index contributed by atoms with van der Waals surface area (Å²) in [6.45, 7) is 3.92. The molecular weight excluding hydrogens is 310 g/mol. The van der Waals surface area contributed by atoms with Gasteiger partial charge in [-0.3, -0.25) is 4.90 Å². The predicted octanol–water partition coefficient (Wildman–Crippen LogP) is 4.03. The van der Waals surface area contributed by atoms with Gasteiger partial charge in [0, 0.05) is 32.0 Å². The maximum atomic E-state index is 5.57. The van der Waals surface area contributed by atoms with Crippen LogP contribution in [-0.2, 0) is 19.6 Å². The Bertz CT molecular complexity index is 848. The molecule has 5 rings (SSSR count). The molecule has 4 nitrogen and oxygen atoms in total. The second-order valence-electron chi connectivity index (χ2n) is 7.38. The van der Waals surface area contributed by atoms with Crippen LogP contribution in [0.3, 0.4) is 0 Å². The summed E-state index contributed by atoms with van der Waals surface area (Å²) >= 11 is 0. The molecule has 3 aromatic rings. The highest BCUT2D eigenvalue weighted by atomic mass is 16.3. The zero-order valence-electron chi connectivity index (χ0n) is 14.3. The lowest BCUT2D eigenvalue weighted by Crippen LogP contribution is -2.34. The third-order valence-electron chi connectivity index (χ3n) is 5.44. The van der Waals surface area contributed by atoms with Crippen LogP contribution in [-0.4, -0.2) is 21.0 Å². The molecule has 1 aromatic carbocycles. The molecule has 2 aliphatic rings. The van der Waals surface area contributed by atoms with E-state index in [4.69, 9.17) is 9.40 Å². The molecule has 1 unspecified atom stereocenters. The first-order chi connectivity index (χ1) is 12.4. The van der Waals surface area contributed by atoms with E-state index in [0.717, 1.165) is 37.9 Å². The van der Waals surface area contributed by atoms with E-state index in [9.17, 15) is 0 Å². The summed E-state index contributed by atoms with van der Waals surface area (Å²) in [7, 11) is 0. The summed E-state index contributed by atoms with van der Waals surface area (Å²) in [5.41, 5.74) is 2.84. The van der Waals surface area contributed by atoms with E-state index in [1.165, 1.54) is 29.8 Å². The Labute approximate surface area is 148 Å². The van der Waals surface area contributed by atoms with Crippen molar-refractivity contribution in [2.45, 2.75) is 38.4 Å². The van der Waals surface area contributed by atoms with Gasteiger partial charge in [0.25, 0.3) is 0 Å². The lowest BCUT2D eigenvalue weighted by Gasteiger charge is -2.34. The maximum Gasteiger partial charge on any atom is 0.117 e. The van der Waals surface area contributed by atoms with Crippen LogP contribution >= 0.6 is 0 Å². The number of fused-ring (bicyclic) bond motifs is 1. The van der Waals surface area contributed by atoms with Crippen LogP contribution in [0.2, 0.25) is 0 Å². The number of aromatic nitrogens is 2. The first-order valence-corrected chi connectivity index (χ1v) is 9.20. The zero-order chi connectivity index (χ0) is 16.6. The molecule has 25 heavy (non-hydrogen) atoms. The normalized spacial score (nSPS) is 20.6. The van der Waals surface area contributed by atoms with Crippen molar-refractivity contribution in [2.75, 3.05) is 6.54 Å². The summed E-state index contributed by atoms with van der Waals surface area (Å²) in [4.78, 5) is 7.24. The van der Waals surface area contributed by atoms with Crippen LogP contribution < -0.4 is 0 Å². The summed E-state index contributed by atoms with van der Waals surface area (Å²) in [5.74, 6) is 3.42. The van der Waals surface area contributed by atoms with Crippen LogP contribution in [0.25, 0.3) is 0 Å². The second-order valence-corrected chi connectivity index (χ2v) is 7.38. The number of hydrogen-bond acceptors (Lipinski definition) is 3. The highest BCUT2D eigenvalue weighted by Crippen LogP contribution is 2.36. The number of hydrogen-bond donors (Lipinski definition) is 0. The van der Waals surface area contributed by atoms with Crippen LogP contribution in [0.4, 0.5) is 0 Å². The van der Waals surface area contributed by atoms with Gasteiger partial charge >= 0.3 is 0 Å². The topological polar surface area (TPSA) is 34.2 Å². The lowest BCUT2D eigenvalue weighted by molar-refractivity contribution is 0.210. The van der Waals surface area contributed by atoms with Gasteiger partial charge in [-0.15, -0.1) is 0 Å². The maximum absolute atomic E-state index is 5.57. The number of nitrogens with zero attached hydrogens (tertiary/aromatic N) is 3. The summed E-state index contributed by atoms with van der Waals surface area (Å²) in [6.07, 6.45) is 8.60. The SMILES string of the molecule is c1coc(CN2Cc3ccccc3C(c3nccn3CC3CC3)C2)c1. The van der Waals surface area contributed by atoms with E-state index >= 15 is 0 Å². The van der Waals surface area contributed by atoms with Crippen molar-refractivity contribution < 1.29 is 4.42 Å². The van der Waals surface area contributed by atoms with Gasteiger partial charge in [0.15, 0.2) is 0 Å². The molecule has 0 saturated heterocycles. The smallest absolute Gasteiger partial charge is 0.117 e. The van der Waals surface area contributed by atoms with E-state index in [-0.39, 0.29) is 0 Å². The summed E-state index contributed by atoms with van der Waals surface area (Å²) in [6, 6.07) is 12.9. The fraction of sp³-hybridized carbons (Fsp3) is 0.381.